The van der Waals surface area contributed by atoms with E-state index in [1.807, 2.05) is 31.2 Å². The van der Waals surface area contributed by atoms with E-state index < -0.39 is 0 Å². The molecule has 4 heteroatoms. The molecule has 4 nitrogen and oxygen atoms in total. The number of benzene rings is 1. The summed E-state index contributed by atoms with van der Waals surface area (Å²) in [7, 11) is 1.63. The Morgan fingerprint density at radius 2 is 2.29 bits per heavy atom. The molecule has 2 aromatic rings. The standard InChI is InChI=1S/C13H13N3O/c1-9-12(6-7-14)16-13(15-9)10-4-3-5-11(8-10)17-2/h3-5,8H,6H2,1-2H3,(H,15,16). The van der Waals surface area contributed by atoms with E-state index in [4.69, 9.17) is 10.00 Å². The monoisotopic (exact) mass is 227 g/mol. The van der Waals surface area contributed by atoms with Gasteiger partial charge < -0.3 is 9.72 Å². The predicted octanol–water partition coefficient (Wildman–Crippen LogP) is 2.46. The third-order valence-corrected chi connectivity index (χ3v) is 2.58. The molecule has 0 fully saturated rings. The third kappa shape index (κ3) is 2.28. The molecule has 1 aromatic carbocycles. The van der Waals surface area contributed by atoms with Gasteiger partial charge in [-0.1, -0.05) is 12.1 Å². The van der Waals surface area contributed by atoms with Crippen LogP contribution in [-0.4, -0.2) is 17.1 Å². The average Bonchev–Trinajstić information content (AvgIpc) is 2.72. The molecule has 1 aromatic heterocycles. The Morgan fingerprint density at radius 3 is 3.00 bits per heavy atom. The van der Waals surface area contributed by atoms with Crippen LogP contribution in [0.1, 0.15) is 11.4 Å². The number of methoxy groups -OCH3 is 1. The van der Waals surface area contributed by atoms with Gasteiger partial charge in [0.1, 0.15) is 11.6 Å². The number of aromatic nitrogens is 2. The van der Waals surface area contributed by atoms with E-state index in [0.29, 0.717) is 6.42 Å². The molecule has 0 radical (unpaired) electrons. The molecule has 0 saturated heterocycles. The number of aromatic amines is 1. The quantitative estimate of drug-likeness (QED) is 0.876. The first kappa shape index (κ1) is 11.2. The van der Waals surface area contributed by atoms with E-state index in [1.165, 1.54) is 0 Å². The highest BCUT2D eigenvalue weighted by molar-refractivity contribution is 5.58. The van der Waals surface area contributed by atoms with E-state index in [-0.39, 0.29) is 0 Å². The highest BCUT2D eigenvalue weighted by Gasteiger charge is 2.08. The van der Waals surface area contributed by atoms with E-state index in [0.717, 1.165) is 28.5 Å². The fourth-order valence-corrected chi connectivity index (χ4v) is 1.65. The summed E-state index contributed by atoms with van der Waals surface area (Å²) >= 11 is 0. The van der Waals surface area contributed by atoms with Crippen molar-refractivity contribution in [3.05, 3.63) is 35.7 Å². The maximum Gasteiger partial charge on any atom is 0.137 e. The maximum absolute atomic E-state index is 8.68. The van der Waals surface area contributed by atoms with Crippen molar-refractivity contribution in [1.29, 1.82) is 5.26 Å². The molecule has 0 unspecified atom stereocenters. The molecule has 0 atom stereocenters. The summed E-state index contributed by atoms with van der Waals surface area (Å²) < 4.78 is 5.17. The summed E-state index contributed by atoms with van der Waals surface area (Å²) in [5, 5.41) is 8.68. The molecule has 2 rings (SSSR count). The van der Waals surface area contributed by atoms with Gasteiger partial charge >= 0.3 is 0 Å². The van der Waals surface area contributed by atoms with Crippen molar-refractivity contribution < 1.29 is 4.74 Å². The third-order valence-electron chi connectivity index (χ3n) is 2.58. The minimum atomic E-state index is 0.326. The van der Waals surface area contributed by atoms with Crippen LogP contribution in [0.2, 0.25) is 0 Å². The van der Waals surface area contributed by atoms with Crippen LogP contribution in [0.4, 0.5) is 0 Å². The zero-order valence-electron chi connectivity index (χ0n) is 9.82. The first-order chi connectivity index (χ1) is 8.24. The molecule has 1 N–H and O–H groups in total. The van der Waals surface area contributed by atoms with Crippen LogP contribution in [0.15, 0.2) is 24.3 Å². The summed E-state index contributed by atoms with van der Waals surface area (Å²) in [6, 6.07) is 9.77. The zero-order valence-corrected chi connectivity index (χ0v) is 9.82. The number of nitrogens with zero attached hydrogens (tertiary/aromatic N) is 2. The zero-order chi connectivity index (χ0) is 12.3. The Labute approximate surface area is 99.9 Å². The number of nitrogens with one attached hydrogen (secondary N) is 1. The normalized spacial score (nSPS) is 9.94. The summed E-state index contributed by atoms with van der Waals surface area (Å²) in [4.78, 5) is 7.59. The van der Waals surface area contributed by atoms with Gasteiger partial charge in [0.05, 0.1) is 25.3 Å². The molecular weight excluding hydrogens is 214 g/mol. The van der Waals surface area contributed by atoms with Gasteiger partial charge in [0.25, 0.3) is 0 Å². The number of hydrogen-bond donors (Lipinski definition) is 1. The lowest BCUT2D eigenvalue weighted by Crippen LogP contribution is -1.86. The van der Waals surface area contributed by atoms with Gasteiger partial charge in [0.15, 0.2) is 0 Å². The van der Waals surface area contributed by atoms with Crippen molar-refractivity contribution >= 4 is 0 Å². The van der Waals surface area contributed by atoms with Gasteiger partial charge in [-0.25, -0.2) is 4.98 Å². The summed E-state index contributed by atoms with van der Waals surface area (Å²) in [6.07, 6.45) is 0.326. The fraction of sp³-hybridized carbons (Fsp3) is 0.231. The first-order valence-electron chi connectivity index (χ1n) is 5.31. The smallest absolute Gasteiger partial charge is 0.137 e. The van der Waals surface area contributed by atoms with E-state index in [9.17, 15) is 0 Å². The first-order valence-corrected chi connectivity index (χ1v) is 5.31. The summed E-state index contributed by atoms with van der Waals surface area (Å²) in [6.45, 7) is 1.92. The minimum absolute atomic E-state index is 0.326. The number of nitriles is 1. The van der Waals surface area contributed by atoms with Gasteiger partial charge in [-0.15, -0.1) is 0 Å². The Balaban J connectivity index is 2.39. The summed E-state index contributed by atoms with van der Waals surface area (Å²) in [5.74, 6) is 1.56. The second-order valence-corrected chi connectivity index (χ2v) is 3.72. The van der Waals surface area contributed by atoms with Crippen LogP contribution in [0.25, 0.3) is 11.4 Å². The lowest BCUT2D eigenvalue weighted by atomic mass is 10.2. The van der Waals surface area contributed by atoms with Gasteiger partial charge in [-0.3, -0.25) is 0 Å². The molecular formula is C13H13N3O. The lowest BCUT2D eigenvalue weighted by molar-refractivity contribution is 0.415. The van der Waals surface area contributed by atoms with Gasteiger partial charge in [0.2, 0.25) is 0 Å². The average molecular weight is 227 g/mol. The van der Waals surface area contributed by atoms with Crippen molar-refractivity contribution in [1.82, 2.24) is 9.97 Å². The lowest BCUT2D eigenvalue weighted by Gasteiger charge is -2.01. The second-order valence-electron chi connectivity index (χ2n) is 3.72. The summed E-state index contributed by atoms with van der Waals surface area (Å²) in [5.41, 5.74) is 2.69. The molecule has 86 valence electrons. The molecule has 0 aliphatic rings. The van der Waals surface area contributed by atoms with Crippen LogP contribution in [0.3, 0.4) is 0 Å². The van der Waals surface area contributed by atoms with Crippen molar-refractivity contribution in [2.75, 3.05) is 7.11 Å². The molecule has 0 saturated carbocycles. The molecule has 17 heavy (non-hydrogen) atoms. The van der Waals surface area contributed by atoms with Crippen LogP contribution in [0, 0.1) is 18.3 Å². The van der Waals surface area contributed by atoms with Crippen molar-refractivity contribution in [3.8, 4) is 23.2 Å². The minimum Gasteiger partial charge on any atom is -0.497 e. The fourth-order valence-electron chi connectivity index (χ4n) is 1.65. The van der Waals surface area contributed by atoms with Gasteiger partial charge in [-0.2, -0.15) is 5.26 Å². The second kappa shape index (κ2) is 4.71. The Hall–Kier alpha value is -2.28. The number of H-pyrrole nitrogens is 1. The van der Waals surface area contributed by atoms with Crippen LogP contribution in [-0.2, 0) is 6.42 Å². The molecule has 0 spiro atoms. The molecule has 0 amide bonds. The van der Waals surface area contributed by atoms with Crippen LogP contribution < -0.4 is 4.74 Å². The van der Waals surface area contributed by atoms with Crippen molar-refractivity contribution in [2.45, 2.75) is 13.3 Å². The van der Waals surface area contributed by atoms with E-state index in [1.54, 1.807) is 7.11 Å². The van der Waals surface area contributed by atoms with Crippen molar-refractivity contribution in [3.63, 3.8) is 0 Å². The SMILES string of the molecule is COc1cccc(-c2nc(CC#N)c(C)[nH]2)c1. The molecule has 0 bridgehead atoms. The molecule has 0 aliphatic heterocycles. The van der Waals surface area contributed by atoms with E-state index >= 15 is 0 Å². The number of ether oxygens (including phenoxy) is 1. The highest BCUT2D eigenvalue weighted by Crippen LogP contribution is 2.22. The van der Waals surface area contributed by atoms with Crippen LogP contribution >= 0.6 is 0 Å². The topological polar surface area (TPSA) is 61.7 Å². The highest BCUT2D eigenvalue weighted by atomic mass is 16.5. The number of hydrogen-bond acceptors (Lipinski definition) is 3. The molecule has 0 aliphatic carbocycles. The van der Waals surface area contributed by atoms with Gasteiger partial charge in [-0.05, 0) is 19.1 Å². The Morgan fingerprint density at radius 1 is 1.47 bits per heavy atom. The van der Waals surface area contributed by atoms with Gasteiger partial charge in [0, 0.05) is 11.3 Å². The number of rotatable bonds is 3. The number of imidazole rings is 1. The Kier molecular flexibility index (Phi) is 3.10. The van der Waals surface area contributed by atoms with Crippen molar-refractivity contribution in [2.24, 2.45) is 0 Å². The Bertz CT molecular complexity index is 566. The molecule has 1 heterocycles. The number of aryl methyl sites for hydroxylation is 1. The largest absolute Gasteiger partial charge is 0.497 e. The maximum atomic E-state index is 8.68. The predicted molar refractivity (Wildman–Crippen MR) is 64.6 cm³/mol. The van der Waals surface area contributed by atoms with E-state index in [2.05, 4.69) is 16.0 Å². The van der Waals surface area contributed by atoms with Crippen LogP contribution in [0.5, 0.6) is 5.75 Å².